The normalized spacial score (nSPS) is 16.2. The molecule has 0 radical (unpaired) electrons. The molecule has 0 aromatic heterocycles. The van der Waals surface area contributed by atoms with E-state index in [1.54, 1.807) is 24.3 Å². The first-order valence-electron chi connectivity index (χ1n) is 6.70. The Morgan fingerprint density at radius 1 is 0.870 bits per heavy atom. The molecule has 6 heteroatoms. The second-order valence-corrected chi connectivity index (χ2v) is 5.01. The molecule has 3 rings (SSSR count). The highest BCUT2D eigenvalue weighted by Gasteiger charge is 2.31. The zero-order valence-electron chi connectivity index (χ0n) is 11.6. The average Bonchev–Trinajstić information content (AvgIpc) is 2.51. The molecule has 116 valence electrons. The Bertz CT molecular complexity index is 838. The molecule has 1 N–H and O–H groups in total. The van der Waals surface area contributed by atoms with E-state index in [0.717, 1.165) is 12.1 Å². The molecule has 2 aromatic carbocycles. The third-order valence-electron chi connectivity index (χ3n) is 3.46. The zero-order valence-corrected chi connectivity index (χ0v) is 11.6. The largest absolute Gasteiger partial charge is 0.416 e. The number of benzene rings is 2. The van der Waals surface area contributed by atoms with Crippen LogP contribution >= 0.6 is 0 Å². The molecule has 0 bridgehead atoms. The number of nitrogens with one attached hydrogen (secondary N) is 1. The standard InChI is InChI=1S/C17H10F3NO2/c18-17(19,20)11-5-3-4-10(8-11)9-14-12-6-1-2-7-13(12)15(22)21-16(14)23/h1-9H,(H,21,22,23). The fraction of sp³-hybridized carbons (Fsp3) is 0.0588. The van der Waals surface area contributed by atoms with Crippen LogP contribution in [-0.4, -0.2) is 11.8 Å². The molecule has 0 fully saturated rings. The predicted octanol–water partition coefficient (Wildman–Crippen LogP) is 3.52. The maximum Gasteiger partial charge on any atom is 0.416 e. The second kappa shape index (κ2) is 5.39. The Hall–Kier alpha value is -2.89. The molecule has 1 aliphatic heterocycles. The molecule has 0 saturated carbocycles. The first-order valence-corrected chi connectivity index (χ1v) is 6.70. The minimum atomic E-state index is -4.46. The number of carbonyl (C=O) groups excluding carboxylic acids is 2. The molecule has 0 unspecified atom stereocenters. The van der Waals surface area contributed by atoms with Gasteiger partial charge in [-0.15, -0.1) is 0 Å². The smallest absolute Gasteiger partial charge is 0.288 e. The van der Waals surface area contributed by atoms with Gasteiger partial charge in [-0.3, -0.25) is 14.9 Å². The van der Waals surface area contributed by atoms with Crippen LogP contribution in [-0.2, 0) is 11.0 Å². The predicted molar refractivity (Wildman–Crippen MR) is 78.2 cm³/mol. The van der Waals surface area contributed by atoms with Gasteiger partial charge in [0.1, 0.15) is 0 Å². The highest BCUT2D eigenvalue weighted by molar-refractivity contribution is 6.33. The molecule has 1 aliphatic rings. The van der Waals surface area contributed by atoms with Crippen LogP contribution < -0.4 is 5.32 Å². The van der Waals surface area contributed by atoms with Gasteiger partial charge in [-0.05, 0) is 35.4 Å². The number of carbonyl (C=O) groups is 2. The van der Waals surface area contributed by atoms with Gasteiger partial charge in [-0.2, -0.15) is 13.2 Å². The summed E-state index contributed by atoms with van der Waals surface area (Å²) in [4.78, 5) is 23.8. The van der Waals surface area contributed by atoms with Crippen molar-refractivity contribution in [3.05, 3.63) is 70.8 Å². The van der Waals surface area contributed by atoms with Crippen molar-refractivity contribution in [3.8, 4) is 0 Å². The van der Waals surface area contributed by atoms with Crippen LogP contribution in [0, 0.1) is 0 Å². The van der Waals surface area contributed by atoms with E-state index in [4.69, 9.17) is 0 Å². The summed E-state index contributed by atoms with van der Waals surface area (Å²) >= 11 is 0. The minimum Gasteiger partial charge on any atom is -0.288 e. The van der Waals surface area contributed by atoms with Crippen LogP contribution in [0.3, 0.4) is 0 Å². The summed E-state index contributed by atoms with van der Waals surface area (Å²) < 4.78 is 38.3. The van der Waals surface area contributed by atoms with Gasteiger partial charge in [-0.1, -0.05) is 30.3 Å². The molecule has 23 heavy (non-hydrogen) atoms. The highest BCUT2D eigenvalue weighted by atomic mass is 19.4. The SMILES string of the molecule is O=C1NC(=O)c2ccccc2C1=Cc1cccc(C(F)(F)F)c1. The van der Waals surface area contributed by atoms with E-state index in [1.165, 1.54) is 18.2 Å². The molecule has 0 atom stereocenters. The summed E-state index contributed by atoms with van der Waals surface area (Å²) in [6.45, 7) is 0. The maximum atomic E-state index is 12.8. The van der Waals surface area contributed by atoms with E-state index in [9.17, 15) is 22.8 Å². The number of halogens is 3. The van der Waals surface area contributed by atoms with Crippen molar-refractivity contribution in [2.45, 2.75) is 6.18 Å². The summed E-state index contributed by atoms with van der Waals surface area (Å²) in [6, 6.07) is 11.1. The van der Waals surface area contributed by atoms with Crippen molar-refractivity contribution in [3.63, 3.8) is 0 Å². The Kier molecular flexibility index (Phi) is 3.52. The number of hydrogen-bond donors (Lipinski definition) is 1. The fourth-order valence-electron chi connectivity index (χ4n) is 2.39. The summed E-state index contributed by atoms with van der Waals surface area (Å²) in [7, 11) is 0. The van der Waals surface area contributed by atoms with Crippen LogP contribution in [0.4, 0.5) is 13.2 Å². The summed E-state index contributed by atoms with van der Waals surface area (Å²) in [6.07, 6.45) is -3.12. The van der Waals surface area contributed by atoms with Crippen molar-refractivity contribution in [2.75, 3.05) is 0 Å². The topological polar surface area (TPSA) is 46.2 Å². The van der Waals surface area contributed by atoms with Gasteiger partial charge < -0.3 is 0 Å². The van der Waals surface area contributed by atoms with Gasteiger partial charge in [0.05, 0.1) is 5.56 Å². The van der Waals surface area contributed by atoms with E-state index >= 15 is 0 Å². The van der Waals surface area contributed by atoms with E-state index in [0.29, 0.717) is 11.1 Å². The quantitative estimate of drug-likeness (QED) is 0.646. The summed E-state index contributed by atoms with van der Waals surface area (Å²) in [5.41, 5.74) is 0.296. The number of alkyl halides is 3. The van der Waals surface area contributed by atoms with Gasteiger partial charge in [0.25, 0.3) is 11.8 Å². The summed E-state index contributed by atoms with van der Waals surface area (Å²) in [5, 5.41) is 2.18. The van der Waals surface area contributed by atoms with Crippen LogP contribution in [0.5, 0.6) is 0 Å². The van der Waals surface area contributed by atoms with Crippen molar-refractivity contribution in [1.29, 1.82) is 0 Å². The van der Waals surface area contributed by atoms with Gasteiger partial charge in [0.15, 0.2) is 0 Å². The van der Waals surface area contributed by atoms with Gasteiger partial charge in [0, 0.05) is 11.1 Å². The molecule has 3 nitrogen and oxygen atoms in total. The molecular weight excluding hydrogens is 307 g/mol. The maximum absolute atomic E-state index is 12.8. The van der Waals surface area contributed by atoms with Crippen LogP contribution in [0.25, 0.3) is 11.6 Å². The van der Waals surface area contributed by atoms with E-state index in [2.05, 4.69) is 5.32 Å². The van der Waals surface area contributed by atoms with E-state index in [-0.39, 0.29) is 11.1 Å². The Balaban J connectivity index is 2.11. The molecule has 2 aromatic rings. The van der Waals surface area contributed by atoms with Crippen LogP contribution in [0.1, 0.15) is 27.0 Å². The fourth-order valence-corrected chi connectivity index (χ4v) is 2.39. The van der Waals surface area contributed by atoms with Gasteiger partial charge >= 0.3 is 6.18 Å². The number of fused-ring (bicyclic) bond motifs is 1. The molecule has 0 aliphatic carbocycles. The Morgan fingerprint density at radius 2 is 1.57 bits per heavy atom. The van der Waals surface area contributed by atoms with Crippen molar-refractivity contribution < 1.29 is 22.8 Å². The molecule has 0 saturated heterocycles. The third kappa shape index (κ3) is 2.88. The van der Waals surface area contributed by atoms with Gasteiger partial charge in [0.2, 0.25) is 0 Å². The lowest BCUT2D eigenvalue weighted by Crippen LogP contribution is -2.36. The molecule has 2 amide bonds. The lowest BCUT2D eigenvalue weighted by molar-refractivity contribution is -0.137. The average molecular weight is 317 g/mol. The number of hydrogen-bond acceptors (Lipinski definition) is 2. The monoisotopic (exact) mass is 317 g/mol. The highest BCUT2D eigenvalue weighted by Crippen LogP contribution is 2.31. The third-order valence-corrected chi connectivity index (χ3v) is 3.46. The van der Waals surface area contributed by atoms with Crippen LogP contribution in [0.15, 0.2) is 48.5 Å². The first-order chi connectivity index (χ1) is 10.9. The van der Waals surface area contributed by atoms with Crippen LogP contribution in [0.2, 0.25) is 0 Å². The lowest BCUT2D eigenvalue weighted by Gasteiger charge is -2.18. The van der Waals surface area contributed by atoms with E-state index < -0.39 is 23.6 Å². The van der Waals surface area contributed by atoms with Crippen molar-refractivity contribution in [1.82, 2.24) is 5.32 Å². The first kappa shape index (κ1) is 15.0. The second-order valence-electron chi connectivity index (χ2n) is 5.01. The molecule has 1 heterocycles. The molecule has 0 spiro atoms. The number of imide groups is 1. The van der Waals surface area contributed by atoms with Gasteiger partial charge in [-0.25, -0.2) is 0 Å². The zero-order chi connectivity index (χ0) is 16.6. The number of rotatable bonds is 1. The lowest BCUT2D eigenvalue weighted by atomic mass is 9.93. The van der Waals surface area contributed by atoms with Crippen molar-refractivity contribution in [2.24, 2.45) is 0 Å². The van der Waals surface area contributed by atoms with Crippen molar-refractivity contribution >= 4 is 23.5 Å². The molecular formula is C17H10F3NO2. The number of amides is 2. The minimum absolute atomic E-state index is 0.152. The van der Waals surface area contributed by atoms with E-state index in [1.807, 2.05) is 0 Å². The Morgan fingerprint density at radius 3 is 2.26 bits per heavy atom. The Labute approximate surface area is 129 Å². The summed E-state index contributed by atoms with van der Waals surface area (Å²) in [5.74, 6) is -1.15.